The molecule has 1 aromatic rings. The minimum atomic E-state index is -0.845. The number of benzene rings is 1. The maximum atomic E-state index is 12.2. The quantitative estimate of drug-likeness (QED) is 0.796. The third-order valence-electron chi connectivity index (χ3n) is 3.41. The Balaban J connectivity index is 2.76. The van der Waals surface area contributed by atoms with Crippen LogP contribution in [-0.4, -0.2) is 24.0 Å². The first-order chi connectivity index (χ1) is 10.3. The number of rotatable bonds is 7. The van der Waals surface area contributed by atoms with E-state index in [9.17, 15) is 9.59 Å². The number of primary amides is 1. The smallest absolute Gasteiger partial charge is 0.261 e. The second-order valence-corrected chi connectivity index (χ2v) is 5.87. The molecular weight excluding hydrogens is 327 g/mol. The number of nitrogens with two attached hydrogens (primary N) is 1. The van der Waals surface area contributed by atoms with Gasteiger partial charge in [-0.15, -0.1) is 0 Å². The third-order valence-corrected chi connectivity index (χ3v) is 4.21. The van der Waals surface area contributed by atoms with Crippen molar-refractivity contribution in [2.45, 2.75) is 39.3 Å². The van der Waals surface area contributed by atoms with Gasteiger partial charge in [-0.3, -0.25) is 9.59 Å². The van der Waals surface area contributed by atoms with E-state index in [4.69, 9.17) is 33.7 Å². The van der Waals surface area contributed by atoms with E-state index in [0.29, 0.717) is 17.2 Å². The van der Waals surface area contributed by atoms with Gasteiger partial charge >= 0.3 is 0 Å². The van der Waals surface area contributed by atoms with Gasteiger partial charge in [-0.25, -0.2) is 0 Å². The number of hydrogen-bond acceptors (Lipinski definition) is 3. The van der Waals surface area contributed by atoms with Crippen LogP contribution in [0.3, 0.4) is 0 Å². The predicted molar refractivity (Wildman–Crippen MR) is 87.1 cm³/mol. The molecular formula is C15H20Cl2N2O3. The van der Waals surface area contributed by atoms with Crippen LogP contribution < -0.4 is 15.8 Å². The van der Waals surface area contributed by atoms with Crippen LogP contribution >= 0.6 is 23.2 Å². The van der Waals surface area contributed by atoms with Crippen LogP contribution in [0.25, 0.3) is 0 Å². The highest BCUT2D eigenvalue weighted by molar-refractivity contribution is 6.42. The number of amides is 2. The number of ether oxygens (including phenoxy) is 1. The molecule has 0 fully saturated rings. The molecule has 1 aromatic carbocycles. The van der Waals surface area contributed by atoms with Crippen molar-refractivity contribution in [3.63, 3.8) is 0 Å². The van der Waals surface area contributed by atoms with Crippen molar-refractivity contribution in [2.75, 3.05) is 0 Å². The number of carbonyl (C=O) groups is 2. The Morgan fingerprint density at radius 1 is 1.32 bits per heavy atom. The Kier molecular flexibility index (Phi) is 6.97. The zero-order valence-electron chi connectivity index (χ0n) is 12.7. The highest BCUT2D eigenvalue weighted by Gasteiger charge is 2.26. The van der Waals surface area contributed by atoms with Crippen LogP contribution in [0.15, 0.2) is 18.2 Å². The predicted octanol–water partition coefficient (Wildman–Crippen LogP) is 2.78. The SMILES string of the molecule is CCC(C)C(NC(=O)C(C)Oc1cccc(Cl)c1Cl)C(N)=O. The molecule has 3 N–H and O–H groups in total. The average Bonchev–Trinajstić information content (AvgIpc) is 2.47. The molecule has 3 unspecified atom stereocenters. The molecule has 0 saturated carbocycles. The normalized spacial score (nSPS) is 14.8. The molecule has 5 nitrogen and oxygen atoms in total. The van der Waals surface area contributed by atoms with E-state index in [-0.39, 0.29) is 10.9 Å². The highest BCUT2D eigenvalue weighted by atomic mass is 35.5. The Morgan fingerprint density at radius 3 is 2.50 bits per heavy atom. The summed E-state index contributed by atoms with van der Waals surface area (Å²) in [7, 11) is 0. The van der Waals surface area contributed by atoms with Gasteiger partial charge in [0.15, 0.2) is 6.10 Å². The summed E-state index contributed by atoms with van der Waals surface area (Å²) in [4.78, 5) is 23.6. The number of nitrogens with one attached hydrogen (secondary N) is 1. The average molecular weight is 347 g/mol. The molecule has 7 heteroatoms. The Bertz CT molecular complexity index is 552. The Hall–Kier alpha value is -1.46. The van der Waals surface area contributed by atoms with Gasteiger partial charge in [-0.2, -0.15) is 0 Å². The van der Waals surface area contributed by atoms with Crippen molar-refractivity contribution < 1.29 is 14.3 Å². The lowest BCUT2D eigenvalue weighted by molar-refractivity contribution is -0.132. The number of hydrogen-bond donors (Lipinski definition) is 2. The van der Waals surface area contributed by atoms with Crippen LogP contribution in [0.1, 0.15) is 27.2 Å². The van der Waals surface area contributed by atoms with Crippen molar-refractivity contribution in [1.29, 1.82) is 0 Å². The summed E-state index contributed by atoms with van der Waals surface area (Å²) in [5.74, 6) is -0.782. The van der Waals surface area contributed by atoms with E-state index >= 15 is 0 Å². The van der Waals surface area contributed by atoms with Crippen molar-refractivity contribution in [3.8, 4) is 5.75 Å². The largest absolute Gasteiger partial charge is 0.479 e. The van der Waals surface area contributed by atoms with Crippen molar-refractivity contribution >= 4 is 35.0 Å². The number of halogens is 2. The first kappa shape index (κ1) is 18.6. The molecule has 0 radical (unpaired) electrons. The molecule has 122 valence electrons. The minimum Gasteiger partial charge on any atom is -0.479 e. The standard InChI is InChI=1S/C15H20Cl2N2O3/c1-4-8(2)13(14(18)20)19-15(21)9(3)22-11-7-5-6-10(16)12(11)17/h5-9,13H,4H2,1-3H3,(H2,18,20)(H,19,21). The fourth-order valence-corrected chi connectivity index (χ4v) is 2.16. The first-order valence-electron chi connectivity index (χ1n) is 6.98. The van der Waals surface area contributed by atoms with E-state index in [2.05, 4.69) is 5.32 Å². The molecule has 0 saturated heterocycles. The van der Waals surface area contributed by atoms with Crippen molar-refractivity contribution in [1.82, 2.24) is 5.32 Å². The highest BCUT2D eigenvalue weighted by Crippen LogP contribution is 2.32. The van der Waals surface area contributed by atoms with Crippen LogP contribution in [0.4, 0.5) is 0 Å². The minimum absolute atomic E-state index is 0.0663. The van der Waals surface area contributed by atoms with Crippen LogP contribution in [-0.2, 0) is 9.59 Å². The summed E-state index contributed by atoms with van der Waals surface area (Å²) in [6.07, 6.45) is -0.134. The van der Waals surface area contributed by atoms with Gasteiger partial charge in [0, 0.05) is 0 Å². The molecule has 0 aliphatic heterocycles. The second kappa shape index (κ2) is 8.25. The molecule has 0 aromatic heterocycles. The second-order valence-electron chi connectivity index (χ2n) is 5.09. The monoisotopic (exact) mass is 346 g/mol. The van der Waals surface area contributed by atoms with Gasteiger partial charge in [-0.1, -0.05) is 49.5 Å². The molecule has 0 spiro atoms. The summed E-state index contributed by atoms with van der Waals surface area (Å²) in [6, 6.07) is 4.16. The Morgan fingerprint density at radius 2 is 1.95 bits per heavy atom. The van der Waals surface area contributed by atoms with Gasteiger partial charge in [0.25, 0.3) is 5.91 Å². The molecule has 2 amide bonds. The molecule has 3 atom stereocenters. The maximum absolute atomic E-state index is 12.2. The van der Waals surface area contributed by atoms with Crippen molar-refractivity contribution in [3.05, 3.63) is 28.2 Å². The fourth-order valence-electron chi connectivity index (χ4n) is 1.82. The van der Waals surface area contributed by atoms with E-state index in [1.54, 1.807) is 25.1 Å². The summed E-state index contributed by atoms with van der Waals surface area (Å²) in [5.41, 5.74) is 5.33. The zero-order chi connectivity index (χ0) is 16.9. The Labute approximate surface area is 140 Å². The van der Waals surface area contributed by atoms with Crippen LogP contribution in [0.5, 0.6) is 5.75 Å². The van der Waals surface area contributed by atoms with Gasteiger partial charge in [-0.05, 0) is 25.0 Å². The molecule has 0 aliphatic carbocycles. The molecule has 0 bridgehead atoms. The molecule has 0 aliphatic rings. The topological polar surface area (TPSA) is 81.4 Å². The third kappa shape index (κ3) is 4.78. The molecule has 1 rings (SSSR count). The maximum Gasteiger partial charge on any atom is 0.261 e. The summed E-state index contributed by atoms with van der Waals surface area (Å²) in [6.45, 7) is 5.31. The first-order valence-corrected chi connectivity index (χ1v) is 7.73. The fraction of sp³-hybridized carbons (Fsp3) is 0.467. The van der Waals surface area contributed by atoms with Crippen LogP contribution in [0, 0.1) is 5.92 Å². The molecule has 22 heavy (non-hydrogen) atoms. The number of carbonyl (C=O) groups excluding carboxylic acids is 2. The summed E-state index contributed by atoms with van der Waals surface area (Å²) in [5, 5.41) is 3.17. The van der Waals surface area contributed by atoms with E-state index in [0.717, 1.165) is 0 Å². The lowest BCUT2D eigenvalue weighted by Gasteiger charge is -2.23. The summed E-state index contributed by atoms with van der Waals surface area (Å²) >= 11 is 11.9. The zero-order valence-corrected chi connectivity index (χ0v) is 14.2. The van der Waals surface area contributed by atoms with E-state index in [1.807, 2.05) is 13.8 Å². The summed E-state index contributed by atoms with van der Waals surface area (Å²) < 4.78 is 5.50. The lowest BCUT2D eigenvalue weighted by Crippen LogP contribution is -2.51. The van der Waals surface area contributed by atoms with Gasteiger partial charge in [0.05, 0.1) is 5.02 Å². The van der Waals surface area contributed by atoms with Crippen LogP contribution in [0.2, 0.25) is 10.0 Å². The lowest BCUT2D eigenvalue weighted by atomic mass is 9.98. The van der Waals surface area contributed by atoms with E-state index < -0.39 is 24.0 Å². The van der Waals surface area contributed by atoms with Gasteiger partial charge < -0.3 is 15.8 Å². The van der Waals surface area contributed by atoms with Crippen molar-refractivity contribution in [2.24, 2.45) is 11.7 Å². The van der Waals surface area contributed by atoms with Gasteiger partial charge in [0.1, 0.15) is 16.8 Å². The molecule has 0 heterocycles. The van der Waals surface area contributed by atoms with Gasteiger partial charge in [0.2, 0.25) is 5.91 Å². The van der Waals surface area contributed by atoms with E-state index in [1.165, 1.54) is 0 Å².